The summed E-state index contributed by atoms with van der Waals surface area (Å²) in [5, 5.41) is 5.55. The summed E-state index contributed by atoms with van der Waals surface area (Å²) in [6.45, 7) is 0.928. The summed E-state index contributed by atoms with van der Waals surface area (Å²) in [4.78, 5) is 22.8. The minimum atomic E-state index is -0.536. The summed E-state index contributed by atoms with van der Waals surface area (Å²) in [6, 6.07) is 9.08. The Hall–Kier alpha value is -2.12. The van der Waals surface area contributed by atoms with Gasteiger partial charge in [-0.2, -0.15) is 0 Å². The minimum absolute atomic E-state index is 0.0669. The number of benzene rings is 1. The summed E-state index contributed by atoms with van der Waals surface area (Å²) in [7, 11) is 2.85. The third-order valence-electron chi connectivity index (χ3n) is 2.79. The van der Waals surface area contributed by atoms with E-state index in [0.717, 1.165) is 5.56 Å². The largest absolute Gasteiger partial charge is 0.468 e. The molecule has 22 heavy (non-hydrogen) atoms. The Morgan fingerprint density at radius 3 is 2.55 bits per heavy atom. The van der Waals surface area contributed by atoms with E-state index in [1.165, 1.54) is 14.2 Å². The van der Waals surface area contributed by atoms with E-state index in [4.69, 9.17) is 9.47 Å². The lowest BCUT2D eigenvalue weighted by atomic mass is 10.2. The van der Waals surface area contributed by atoms with Crippen molar-refractivity contribution in [1.82, 2.24) is 10.6 Å². The van der Waals surface area contributed by atoms with Crippen LogP contribution in [0, 0.1) is 0 Å². The van der Waals surface area contributed by atoms with Crippen LogP contribution in [0.25, 0.3) is 0 Å². The van der Waals surface area contributed by atoms with E-state index in [-0.39, 0.29) is 25.2 Å². The van der Waals surface area contributed by atoms with Crippen molar-refractivity contribution in [3.63, 3.8) is 0 Å². The molecule has 0 fully saturated rings. The lowest BCUT2D eigenvalue weighted by molar-refractivity contribution is -0.139. The number of methoxy groups -OCH3 is 2. The summed E-state index contributed by atoms with van der Waals surface area (Å²) in [5.41, 5.74) is 0.907. The molecule has 1 unspecified atom stereocenters. The molecular formula is C15H22N2O5. The van der Waals surface area contributed by atoms with E-state index in [9.17, 15) is 9.59 Å². The molecule has 0 spiro atoms. The van der Waals surface area contributed by atoms with Gasteiger partial charge in [-0.05, 0) is 5.56 Å². The third kappa shape index (κ3) is 7.61. The average Bonchev–Trinajstić information content (AvgIpc) is 2.54. The molecule has 0 aromatic heterocycles. The summed E-state index contributed by atoms with van der Waals surface area (Å²) in [6.07, 6.45) is -0.536. The molecule has 7 nitrogen and oxygen atoms in total. The number of alkyl carbamates (subject to hydrolysis) is 1. The predicted molar refractivity (Wildman–Crippen MR) is 80.3 cm³/mol. The minimum Gasteiger partial charge on any atom is -0.468 e. The molecule has 0 saturated heterocycles. The van der Waals surface area contributed by atoms with Gasteiger partial charge in [-0.1, -0.05) is 30.3 Å². The number of carbonyl (C=O) groups is 2. The Labute approximate surface area is 129 Å². The Morgan fingerprint density at radius 1 is 1.18 bits per heavy atom. The topological polar surface area (TPSA) is 85.9 Å². The average molecular weight is 310 g/mol. The van der Waals surface area contributed by atoms with Crippen LogP contribution in [-0.2, 0) is 25.6 Å². The summed E-state index contributed by atoms with van der Waals surface area (Å²) in [5.74, 6) is -0.372. The lowest BCUT2D eigenvalue weighted by Gasteiger charge is -2.18. The molecule has 0 heterocycles. The van der Waals surface area contributed by atoms with Gasteiger partial charge in [0, 0.05) is 13.7 Å². The SMILES string of the molecule is COCC(CNCC(=O)OC)NC(=O)OCc1ccccc1. The zero-order valence-electron chi connectivity index (χ0n) is 12.8. The number of ether oxygens (including phenoxy) is 3. The van der Waals surface area contributed by atoms with Gasteiger partial charge in [-0.3, -0.25) is 4.79 Å². The van der Waals surface area contributed by atoms with Gasteiger partial charge in [0.1, 0.15) is 6.61 Å². The maximum Gasteiger partial charge on any atom is 0.407 e. The second kappa shape index (κ2) is 10.6. The molecule has 1 atom stereocenters. The fraction of sp³-hybridized carbons (Fsp3) is 0.467. The second-order valence-corrected chi connectivity index (χ2v) is 4.57. The normalized spacial score (nSPS) is 11.5. The number of rotatable bonds is 9. The molecular weight excluding hydrogens is 288 g/mol. The first-order valence-corrected chi connectivity index (χ1v) is 6.89. The van der Waals surface area contributed by atoms with Crippen LogP contribution in [0.15, 0.2) is 30.3 Å². The predicted octanol–water partition coefficient (Wildman–Crippen LogP) is 0.690. The fourth-order valence-electron chi connectivity index (χ4n) is 1.70. The fourth-order valence-corrected chi connectivity index (χ4v) is 1.70. The number of esters is 1. The van der Waals surface area contributed by atoms with Crippen molar-refractivity contribution in [3.8, 4) is 0 Å². The van der Waals surface area contributed by atoms with Crippen molar-refractivity contribution in [2.75, 3.05) is 33.9 Å². The van der Waals surface area contributed by atoms with Crippen molar-refractivity contribution >= 4 is 12.1 Å². The number of nitrogens with one attached hydrogen (secondary N) is 2. The molecule has 0 aliphatic rings. The maximum absolute atomic E-state index is 11.7. The zero-order chi connectivity index (χ0) is 16.2. The molecule has 1 aromatic carbocycles. The Bertz CT molecular complexity index is 453. The molecule has 7 heteroatoms. The molecule has 0 aliphatic heterocycles. The quantitative estimate of drug-likeness (QED) is 0.653. The van der Waals surface area contributed by atoms with Crippen LogP contribution < -0.4 is 10.6 Å². The highest BCUT2D eigenvalue weighted by molar-refractivity contribution is 5.71. The molecule has 0 saturated carbocycles. The van der Waals surface area contributed by atoms with Crippen LogP contribution in [0.2, 0.25) is 0 Å². The molecule has 122 valence electrons. The van der Waals surface area contributed by atoms with Gasteiger partial charge in [0.05, 0.1) is 26.3 Å². The van der Waals surface area contributed by atoms with Crippen molar-refractivity contribution in [1.29, 1.82) is 0 Å². The molecule has 2 N–H and O–H groups in total. The first-order valence-electron chi connectivity index (χ1n) is 6.89. The van der Waals surface area contributed by atoms with Crippen molar-refractivity contribution in [2.45, 2.75) is 12.6 Å². The third-order valence-corrected chi connectivity index (χ3v) is 2.79. The highest BCUT2D eigenvalue weighted by Crippen LogP contribution is 2.00. The monoisotopic (exact) mass is 310 g/mol. The number of hydrogen-bond acceptors (Lipinski definition) is 6. The smallest absolute Gasteiger partial charge is 0.407 e. The van der Waals surface area contributed by atoms with E-state index in [1.807, 2.05) is 30.3 Å². The first kappa shape index (κ1) is 17.9. The van der Waals surface area contributed by atoms with Crippen molar-refractivity contribution in [3.05, 3.63) is 35.9 Å². The van der Waals surface area contributed by atoms with Crippen LogP contribution in [-0.4, -0.2) is 52.0 Å². The van der Waals surface area contributed by atoms with E-state index in [2.05, 4.69) is 15.4 Å². The number of amides is 1. The Kier molecular flexibility index (Phi) is 8.63. The van der Waals surface area contributed by atoms with E-state index in [1.54, 1.807) is 0 Å². The lowest BCUT2D eigenvalue weighted by Crippen LogP contribution is -2.46. The van der Waals surface area contributed by atoms with Gasteiger partial charge in [0.2, 0.25) is 0 Å². The van der Waals surface area contributed by atoms with Crippen LogP contribution in [0.5, 0.6) is 0 Å². The molecule has 1 aromatic rings. The molecule has 1 amide bonds. The second-order valence-electron chi connectivity index (χ2n) is 4.57. The molecule has 0 bridgehead atoms. The number of hydrogen-bond donors (Lipinski definition) is 2. The van der Waals surface area contributed by atoms with Gasteiger partial charge >= 0.3 is 12.1 Å². The highest BCUT2D eigenvalue weighted by Gasteiger charge is 2.13. The van der Waals surface area contributed by atoms with Crippen LogP contribution in [0.3, 0.4) is 0 Å². The molecule has 0 aliphatic carbocycles. The van der Waals surface area contributed by atoms with Crippen LogP contribution in [0.1, 0.15) is 5.56 Å². The van der Waals surface area contributed by atoms with Gasteiger partial charge in [-0.25, -0.2) is 4.79 Å². The van der Waals surface area contributed by atoms with E-state index < -0.39 is 6.09 Å². The summed E-state index contributed by atoms with van der Waals surface area (Å²) < 4.78 is 14.7. The van der Waals surface area contributed by atoms with Gasteiger partial charge in [0.25, 0.3) is 0 Å². The van der Waals surface area contributed by atoms with Gasteiger partial charge in [-0.15, -0.1) is 0 Å². The van der Waals surface area contributed by atoms with E-state index >= 15 is 0 Å². The van der Waals surface area contributed by atoms with E-state index in [0.29, 0.717) is 13.2 Å². The molecule has 1 rings (SSSR count). The zero-order valence-corrected chi connectivity index (χ0v) is 12.8. The first-order chi connectivity index (χ1) is 10.7. The van der Waals surface area contributed by atoms with Gasteiger partial charge in [0.15, 0.2) is 0 Å². The standard InChI is InChI=1S/C15H22N2O5/c1-20-11-13(8-16-9-14(18)21-2)17-15(19)22-10-12-6-4-3-5-7-12/h3-7,13,16H,8-11H2,1-2H3,(H,17,19). The summed E-state index contributed by atoms with van der Waals surface area (Å²) >= 11 is 0. The van der Waals surface area contributed by atoms with Crippen LogP contribution >= 0.6 is 0 Å². The Balaban J connectivity index is 2.31. The molecule has 0 radical (unpaired) electrons. The van der Waals surface area contributed by atoms with Crippen molar-refractivity contribution < 1.29 is 23.8 Å². The van der Waals surface area contributed by atoms with Crippen molar-refractivity contribution in [2.24, 2.45) is 0 Å². The maximum atomic E-state index is 11.7. The number of carbonyl (C=O) groups excluding carboxylic acids is 2. The van der Waals surface area contributed by atoms with Gasteiger partial charge < -0.3 is 24.8 Å². The highest BCUT2D eigenvalue weighted by atomic mass is 16.5. The van der Waals surface area contributed by atoms with Crippen LogP contribution in [0.4, 0.5) is 4.79 Å². The Morgan fingerprint density at radius 2 is 1.91 bits per heavy atom.